The van der Waals surface area contributed by atoms with Crippen LogP contribution in [0.25, 0.3) is 0 Å². The molecule has 2 N–H and O–H groups in total. The van der Waals surface area contributed by atoms with Gasteiger partial charge >= 0.3 is 0 Å². The van der Waals surface area contributed by atoms with Gasteiger partial charge in [0.2, 0.25) is 5.89 Å². The highest BCUT2D eigenvalue weighted by atomic mass is 16.5. The lowest BCUT2D eigenvalue weighted by atomic mass is 9.82. The molecule has 0 saturated heterocycles. The summed E-state index contributed by atoms with van der Waals surface area (Å²) in [5, 5.41) is 4.07. The predicted molar refractivity (Wildman–Crippen MR) is 78.9 cm³/mol. The van der Waals surface area contributed by atoms with Crippen molar-refractivity contribution in [2.75, 3.05) is 6.61 Å². The van der Waals surface area contributed by atoms with Crippen LogP contribution >= 0.6 is 0 Å². The number of rotatable bonds is 5. The van der Waals surface area contributed by atoms with Gasteiger partial charge in [0, 0.05) is 0 Å². The van der Waals surface area contributed by atoms with Gasteiger partial charge in [-0.3, -0.25) is 0 Å². The molecule has 0 aliphatic heterocycles. The monoisotopic (exact) mass is 287 g/mol. The number of nitrogens with zero attached hydrogens (tertiary/aromatic N) is 2. The van der Waals surface area contributed by atoms with Crippen LogP contribution in [0.4, 0.5) is 0 Å². The van der Waals surface area contributed by atoms with E-state index in [4.69, 9.17) is 15.0 Å². The minimum Gasteiger partial charge on any atom is -0.493 e. The van der Waals surface area contributed by atoms with Crippen LogP contribution in [-0.2, 0) is 12.0 Å². The minimum absolute atomic E-state index is 0.402. The van der Waals surface area contributed by atoms with Crippen molar-refractivity contribution in [1.29, 1.82) is 0 Å². The van der Waals surface area contributed by atoms with E-state index in [0.29, 0.717) is 24.7 Å². The SMILES string of the molecule is NC1(c2noc(CCOc3ccccc3)n2)CCCCC1. The van der Waals surface area contributed by atoms with Gasteiger partial charge in [0.15, 0.2) is 5.82 Å². The molecule has 1 aliphatic rings. The molecule has 0 unspecified atom stereocenters. The minimum atomic E-state index is -0.402. The van der Waals surface area contributed by atoms with Gasteiger partial charge in [-0.25, -0.2) is 0 Å². The van der Waals surface area contributed by atoms with Gasteiger partial charge in [0.1, 0.15) is 5.75 Å². The summed E-state index contributed by atoms with van der Waals surface area (Å²) in [6.07, 6.45) is 5.99. The molecule has 2 aromatic rings. The summed E-state index contributed by atoms with van der Waals surface area (Å²) in [4.78, 5) is 4.45. The molecule has 0 atom stereocenters. The van der Waals surface area contributed by atoms with Gasteiger partial charge in [-0.05, 0) is 25.0 Å². The van der Waals surface area contributed by atoms with Gasteiger partial charge in [-0.2, -0.15) is 4.98 Å². The van der Waals surface area contributed by atoms with Crippen molar-refractivity contribution in [1.82, 2.24) is 10.1 Å². The van der Waals surface area contributed by atoms with Gasteiger partial charge < -0.3 is 15.0 Å². The van der Waals surface area contributed by atoms with Gasteiger partial charge in [0.05, 0.1) is 18.6 Å². The first-order valence-corrected chi connectivity index (χ1v) is 7.56. The van der Waals surface area contributed by atoms with E-state index >= 15 is 0 Å². The number of ether oxygens (including phenoxy) is 1. The fourth-order valence-corrected chi connectivity index (χ4v) is 2.74. The second-order valence-electron chi connectivity index (χ2n) is 5.64. The predicted octanol–water partition coefficient (Wildman–Crippen LogP) is 2.81. The highest BCUT2D eigenvalue weighted by Crippen LogP contribution is 2.32. The topological polar surface area (TPSA) is 74.2 Å². The van der Waals surface area contributed by atoms with E-state index in [1.165, 1.54) is 6.42 Å². The fraction of sp³-hybridized carbons (Fsp3) is 0.500. The van der Waals surface area contributed by atoms with Crippen LogP contribution in [0.1, 0.15) is 43.8 Å². The summed E-state index contributed by atoms with van der Waals surface area (Å²) in [5.74, 6) is 2.09. The Labute approximate surface area is 124 Å². The average Bonchev–Trinajstić information content (AvgIpc) is 2.99. The van der Waals surface area contributed by atoms with E-state index in [-0.39, 0.29) is 0 Å². The fourth-order valence-electron chi connectivity index (χ4n) is 2.74. The highest BCUT2D eigenvalue weighted by molar-refractivity contribution is 5.20. The van der Waals surface area contributed by atoms with Crippen molar-refractivity contribution < 1.29 is 9.26 Å². The summed E-state index contributed by atoms with van der Waals surface area (Å²) in [5.41, 5.74) is 5.99. The van der Waals surface area contributed by atoms with Crippen LogP contribution in [-0.4, -0.2) is 16.7 Å². The van der Waals surface area contributed by atoms with Crippen molar-refractivity contribution in [2.45, 2.75) is 44.1 Å². The molecule has 21 heavy (non-hydrogen) atoms. The Kier molecular flexibility index (Phi) is 4.20. The molecule has 5 nitrogen and oxygen atoms in total. The highest BCUT2D eigenvalue weighted by Gasteiger charge is 2.34. The van der Waals surface area contributed by atoms with Crippen LogP contribution in [0.3, 0.4) is 0 Å². The van der Waals surface area contributed by atoms with E-state index in [2.05, 4.69) is 10.1 Å². The Hall–Kier alpha value is -1.88. The maximum absolute atomic E-state index is 6.40. The van der Waals surface area contributed by atoms with Crippen molar-refractivity contribution in [3.8, 4) is 5.75 Å². The maximum atomic E-state index is 6.40. The molecule has 1 aromatic carbocycles. The third kappa shape index (κ3) is 3.42. The first-order valence-electron chi connectivity index (χ1n) is 7.56. The van der Waals surface area contributed by atoms with Gasteiger partial charge in [0.25, 0.3) is 0 Å². The van der Waals surface area contributed by atoms with Crippen LogP contribution < -0.4 is 10.5 Å². The van der Waals surface area contributed by atoms with Crippen LogP contribution in [0.2, 0.25) is 0 Å². The molecule has 0 radical (unpaired) electrons. The van der Waals surface area contributed by atoms with Gasteiger partial charge in [-0.15, -0.1) is 0 Å². The van der Waals surface area contributed by atoms with Crippen molar-refractivity contribution in [2.24, 2.45) is 5.73 Å². The smallest absolute Gasteiger partial charge is 0.230 e. The number of hydrogen-bond acceptors (Lipinski definition) is 5. The quantitative estimate of drug-likeness (QED) is 0.915. The van der Waals surface area contributed by atoms with E-state index in [1.54, 1.807) is 0 Å². The summed E-state index contributed by atoms with van der Waals surface area (Å²) in [7, 11) is 0. The molecule has 0 spiro atoms. The second-order valence-corrected chi connectivity index (χ2v) is 5.64. The first-order chi connectivity index (χ1) is 10.3. The molecule has 0 bridgehead atoms. The zero-order valence-corrected chi connectivity index (χ0v) is 12.1. The third-order valence-corrected chi connectivity index (χ3v) is 3.99. The summed E-state index contributed by atoms with van der Waals surface area (Å²) < 4.78 is 10.9. The molecule has 5 heteroatoms. The summed E-state index contributed by atoms with van der Waals surface area (Å²) in [6, 6.07) is 9.71. The molecule has 1 aliphatic carbocycles. The standard InChI is InChI=1S/C16H21N3O2/c17-16(10-5-2-6-11-16)15-18-14(21-19-15)9-12-20-13-7-3-1-4-8-13/h1,3-4,7-8H,2,5-6,9-12,17H2. The normalized spacial score (nSPS) is 17.6. The molecule has 0 amide bonds. The average molecular weight is 287 g/mol. The molecule has 1 aromatic heterocycles. The largest absolute Gasteiger partial charge is 0.493 e. The molecular weight excluding hydrogens is 266 g/mol. The van der Waals surface area contributed by atoms with E-state index in [9.17, 15) is 0 Å². The Morgan fingerprint density at radius 3 is 2.67 bits per heavy atom. The summed E-state index contributed by atoms with van der Waals surface area (Å²) in [6.45, 7) is 0.517. The number of para-hydroxylation sites is 1. The van der Waals surface area contributed by atoms with E-state index in [1.807, 2.05) is 30.3 Å². The van der Waals surface area contributed by atoms with Gasteiger partial charge in [-0.1, -0.05) is 42.6 Å². The number of nitrogens with two attached hydrogens (primary N) is 1. The molecule has 1 heterocycles. The molecule has 3 rings (SSSR count). The van der Waals surface area contributed by atoms with Crippen LogP contribution in [0, 0.1) is 0 Å². The lowest BCUT2D eigenvalue weighted by molar-refractivity contribution is 0.269. The first kappa shape index (κ1) is 14.1. The maximum Gasteiger partial charge on any atom is 0.230 e. The van der Waals surface area contributed by atoms with Crippen molar-refractivity contribution in [3.05, 3.63) is 42.0 Å². The van der Waals surface area contributed by atoms with Crippen LogP contribution in [0.5, 0.6) is 5.75 Å². The number of aromatic nitrogens is 2. The summed E-state index contributed by atoms with van der Waals surface area (Å²) >= 11 is 0. The lowest BCUT2D eigenvalue weighted by Gasteiger charge is -2.29. The Balaban J connectivity index is 1.55. The zero-order valence-electron chi connectivity index (χ0n) is 12.1. The van der Waals surface area contributed by atoms with E-state index < -0.39 is 5.54 Å². The third-order valence-electron chi connectivity index (χ3n) is 3.99. The van der Waals surface area contributed by atoms with E-state index in [0.717, 1.165) is 31.4 Å². The molecule has 112 valence electrons. The zero-order chi connectivity index (χ0) is 14.5. The Morgan fingerprint density at radius 1 is 1.14 bits per heavy atom. The molecule has 1 fully saturated rings. The second kappa shape index (κ2) is 6.26. The van der Waals surface area contributed by atoms with Crippen molar-refractivity contribution in [3.63, 3.8) is 0 Å². The Bertz CT molecular complexity index is 562. The van der Waals surface area contributed by atoms with Crippen LogP contribution in [0.15, 0.2) is 34.9 Å². The Morgan fingerprint density at radius 2 is 1.90 bits per heavy atom. The lowest BCUT2D eigenvalue weighted by Crippen LogP contribution is -2.39. The molecule has 1 saturated carbocycles. The molecular formula is C16H21N3O2. The van der Waals surface area contributed by atoms with Crippen molar-refractivity contribution >= 4 is 0 Å². The number of hydrogen-bond donors (Lipinski definition) is 1. The number of benzene rings is 1.